The van der Waals surface area contributed by atoms with E-state index in [2.05, 4.69) is 140 Å². The van der Waals surface area contributed by atoms with Gasteiger partial charge >= 0.3 is 0 Å². The molecule has 0 atom stereocenters. The van der Waals surface area contributed by atoms with E-state index in [-0.39, 0.29) is 0 Å². The summed E-state index contributed by atoms with van der Waals surface area (Å²) in [7, 11) is 0. The van der Waals surface area contributed by atoms with Crippen LogP contribution in [0, 0.1) is 0 Å². The van der Waals surface area contributed by atoms with Crippen LogP contribution in [0.2, 0.25) is 0 Å². The van der Waals surface area contributed by atoms with Crippen LogP contribution in [0.3, 0.4) is 0 Å². The van der Waals surface area contributed by atoms with Crippen molar-refractivity contribution in [2.24, 2.45) is 0 Å². The first-order chi connectivity index (χ1) is 54.5. The Hall–Kier alpha value is -15.1. The molecule has 20 aromatic rings. The lowest BCUT2D eigenvalue weighted by molar-refractivity contribution is 0.669. The normalized spacial score (nSPS) is 11.3. The molecule has 12 nitrogen and oxygen atoms in total. The SMILES string of the molecule is c1ccc(-c2cc(-c3ccccc3)nc(-c3ccc(-c4cccc5oc6c(-c7nc(-c8ccccc8)nc(-c8ccccc8)n7)cccc6c45)cc3)n2)cc1.c1ccc(-c2cc(-c3ccccc3)nc(-c3cccc4c3oc3cccc(-c5ccc(-c6nc(-c7ccccc7)nc(-c7ccccc7)n6)cc5)c34)n2)cc1. The Morgan fingerprint density at radius 2 is 0.373 bits per heavy atom. The number of hydrogen-bond donors (Lipinski definition) is 0. The third kappa shape index (κ3) is 13.1. The molecule has 0 aliphatic carbocycles. The molecule has 0 radical (unpaired) electrons. The van der Waals surface area contributed by atoms with Gasteiger partial charge in [0, 0.05) is 77.2 Å². The highest BCUT2D eigenvalue weighted by atomic mass is 16.3. The molecule has 0 aliphatic heterocycles. The first kappa shape index (κ1) is 65.6. The van der Waals surface area contributed by atoms with Crippen molar-refractivity contribution < 1.29 is 8.83 Å². The molecule has 6 heterocycles. The fraction of sp³-hybridized carbons (Fsp3) is 0. The van der Waals surface area contributed by atoms with E-state index >= 15 is 0 Å². The summed E-state index contributed by atoms with van der Waals surface area (Å²) in [5, 5.41) is 4.05. The number of aromatic nitrogens is 10. The number of hydrogen-bond acceptors (Lipinski definition) is 12. The van der Waals surface area contributed by atoms with Gasteiger partial charge in [0.15, 0.2) is 46.6 Å². The van der Waals surface area contributed by atoms with Crippen LogP contribution in [0.4, 0.5) is 0 Å². The van der Waals surface area contributed by atoms with Crippen LogP contribution in [0.25, 0.3) is 202 Å². The minimum absolute atomic E-state index is 0.552. The van der Waals surface area contributed by atoms with Gasteiger partial charge in [-0.3, -0.25) is 0 Å². The van der Waals surface area contributed by atoms with Crippen molar-refractivity contribution >= 4 is 43.9 Å². The number of para-hydroxylation sites is 2. The van der Waals surface area contributed by atoms with Crippen molar-refractivity contribution in [3.8, 4) is 158 Å². The van der Waals surface area contributed by atoms with Gasteiger partial charge in [-0.15, -0.1) is 0 Å². The Labute approximate surface area is 633 Å². The Bertz CT molecular complexity index is 6070. The summed E-state index contributed by atoms with van der Waals surface area (Å²) in [6, 6.07) is 127. The van der Waals surface area contributed by atoms with E-state index in [4.69, 9.17) is 58.7 Å². The molecule has 0 fully saturated rings. The van der Waals surface area contributed by atoms with Crippen LogP contribution in [0.15, 0.2) is 385 Å². The van der Waals surface area contributed by atoms with E-state index in [0.29, 0.717) is 46.6 Å². The van der Waals surface area contributed by atoms with Crippen molar-refractivity contribution in [2.75, 3.05) is 0 Å². The number of furan rings is 2. The molecular weight excluding hydrogens is 1350 g/mol. The highest BCUT2D eigenvalue weighted by Gasteiger charge is 2.23. The quantitative estimate of drug-likeness (QED) is 0.102. The molecule has 0 saturated heterocycles. The standard InChI is InChI=1S/2C49H31N5O/c1-5-15-33(16-6-1)41-31-42(34-17-7-2-8-18-34)51-46(50-41)37-29-27-32(28-30-37)38-23-14-26-43-44(38)39-24-13-25-40(45(39)55-43)49-53-47(35-19-9-3-10-20-35)52-48(54-49)36-21-11-4-12-22-36;1-5-15-33(16-6-1)41-31-42(34-17-7-2-8-18-34)51-49(50-41)40-25-13-24-39-44-38(23-14-26-43(44)55-45(39)40)32-27-29-37(30-28-32)48-53-46(35-19-9-3-10-20-35)52-47(54-48)36-21-11-4-12-22-36/h2*1-31H. The molecule has 0 unspecified atom stereocenters. The summed E-state index contributed by atoms with van der Waals surface area (Å²) in [4.78, 5) is 49.8. The van der Waals surface area contributed by atoms with Crippen molar-refractivity contribution in [1.29, 1.82) is 0 Å². The first-order valence-electron chi connectivity index (χ1n) is 36.3. The Balaban J connectivity index is 0.000000149. The van der Waals surface area contributed by atoms with Gasteiger partial charge in [-0.1, -0.05) is 340 Å². The summed E-state index contributed by atoms with van der Waals surface area (Å²) in [6.07, 6.45) is 0. The maximum Gasteiger partial charge on any atom is 0.167 e. The average Bonchev–Trinajstić information content (AvgIpc) is 1.60. The Morgan fingerprint density at radius 3 is 0.673 bits per heavy atom. The summed E-state index contributed by atoms with van der Waals surface area (Å²) >= 11 is 0. The third-order valence-electron chi connectivity index (χ3n) is 19.6. The van der Waals surface area contributed by atoms with E-state index in [1.807, 2.05) is 237 Å². The number of rotatable bonds is 14. The molecule has 12 heteroatoms. The van der Waals surface area contributed by atoms with Gasteiger partial charge in [0.05, 0.1) is 33.9 Å². The molecule has 0 amide bonds. The van der Waals surface area contributed by atoms with E-state index in [9.17, 15) is 0 Å². The van der Waals surface area contributed by atoms with Gasteiger partial charge in [-0.05, 0) is 58.7 Å². The second-order valence-corrected chi connectivity index (χ2v) is 26.5. The monoisotopic (exact) mass is 1410 g/mol. The van der Waals surface area contributed by atoms with Crippen molar-refractivity contribution in [3.63, 3.8) is 0 Å². The van der Waals surface area contributed by atoms with E-state index in [0.717, 1.165) is 156 Å². The fourth-order valence-corrected chi connectivity index (χ4v) is 14.2. The van der Waals surface area contributed by atoms with Crippen molar-refractivity contribution in [1.82, 2.24) is 49.8 Å². The van der Waals surface area contributed by atoms with Gasteiger partial charge < -0.3 is 8.83 Å². The second-order valence-electron chi connectivity index (χ2n) is 26.5. The predicted octanol–water partition coefficient (Wildman–Crippen LogP) is 24.5. The zero-order valence-electron chi connectivity index (χ0n) is 59.1. The fourth-order valence-electron chi connectivity index (χ4n) is 14.2. The van der Waals surface area contributed by atoms with Crippen LogP contribution in [0.1, 0.15) is 0 Å². The molecule has 110 heavy (non-hydrogen) atoms. The van der Waals surface area contributed by atoms with Crippen LogP contribution < -0.4 is 0 Å². The largest absolute Gasteiger partial charge is 0.455 e. The molecule has 0 spiro atoms. The number of fused-ring (bicyclic) bond motifs is 6. The third-order valence-corrected chi connectivity index (χ3v) is 19.6. The zero-order valence-corrected chi connectivity index (χ0v) is 59.1. The first-order valence-corrected chi connectivity index (χ1v) is 36.3. The highest BCUT2D eigenvalue weighted by molar-refractivity contribution is 6.16. The van der Waals surface area contributed by atoms with Gasteiger partial charge in [-0.25, -0.2) is 49.8 Å². The number of benzene rings is 14. The predicted molar refractivity (Wildman–Crippen MR) is 441 cm³/mol. The smallest absolute Gasteiger partial charge is 0.167 e. The number of nitrogens with zero attached hydrogens (tertiary/aromatic N) is 10. The van der Waals surface area contributed by atoms with Gasteiger partial charge in [-0.2, -0.15) is 0 Å². The summed E-state index contributed by atoms with van der Waals surface area (Å²) in [5.74, 6) is 4.92. The van der Waals surface area contributed by atoms with Crippen LogP contribution in [-0.2, 0) is 0 Å². The van der Waals surface area contributed by atoms with Crippen molar-refractivity contribution in [3.05, 3.63) is 376 Å². The lowest BCUT2D eigenvalue weighted by Gasteiger charge is -2.10. The average molecular weight is 1410 g/mol. The lowest BCUT2D eigenvalue weighted by atomic mass is 9.97. The maximum atomic E-state index is 6.69. The van der Waals surface area contributed by atoms with Crippen LogP contribution in [-0.4, -0.2) is 49.8 Å². The molecular formula is C98H62N10O2. The summed E-state index contributed by atoms with van der Waals surface area (Å²) in [6.45, 7) is 0. The van der Waals surface area contributed by atoms with Crippen LogP contribution in [0.5, 0.6) is 0 Å². The molecule has 0 N–H and O–H groups in total. The van der Waals surface area contributed by atoms with Gasteiger partial charge in [0.2, 0.25) is 0 Å². The Kier molecular flexibility index (Phi) is 17.3. The van der Waals surface area contributed by atoms with E-state index in [1.54, 1.807) is 0 Å². The summed E-state index contributed by atoms with van der Waals surface area (Å²) < 4.78 is 13.4. The minimum atomic E-state index is 0.552. The molecule has 516 valence electrons. The maximum absolute atomic E-state index is 6.69. The van der Waals surface area contributed by atoms with Crippen molar-refractivity contribution in [2.45, 2.75) is 0 Å². The topological polar surface area (TPSA) is 155 Å². The molecule has 14 aromatic carbocycles. The lowest BCUT2D eigenvalue weighted by Crippen LogP contribution is -2.00. The summed E-state index contributed by atoms with van der Waals surface area (Å²) in [5.41, 5.74) is 22.1. The highest BCUT2D eigenvalue weighted by Crippen LogP contribution is 2.44. The van der Waals surface area contributed by atoms with Crippen LogP contribution >= 0.6 is 0 Å². The van der Waals surface area contributed by atoms with Gasteiger partial charge in [0.25, 0.3) is 0 Å². The Morgan fingerprint density at radius 1 is 0.155 bits per heavy atom. The zero-order chi connectivity index (χ0) is 73.1. The molecule has 0 saturated carbocycles. The molecule has 20 rings (SSSR count). The van der Waals surface area contributed by atoms with E-state index in [1.165, 1.54) is 0 Å². The molecule has 0 bridgehead atoms. The molecule has 0 aliphatic rings. The second kappa shape index (κ2) is 29.1. The minimum Gasteiger partial charge on any atom is -0.455 e. The van der Waals surface area contributed by atoms with E-state index < -0.39 is 0 Å². The van der Waals surface area contributed by atoms with Gasteiger partial charge in [0.1, 0.15) is 22.3 Å². The molecule has 6 aromatic heterocycles.